The van der Waals surface area contributed by atoms with Gasteiger partial charge in [0.15, 0.2) is 22.8 Å². The topological polar surface area (TPSA) is 375 Å². The molecule has 1 saturated heterocycles. The van der Waals surface area contributed by atoms with Gasteiger partial charge in [-0.2, -0.15) is 0 Å². The molecule has 2 aromatic heterocycles. The number of phosphoric acid groups is 3. The zero-order valence-electron chi connectivity index (χ0n) is 30.5. The average Bonchev–Trinajstić information content (AvgIpc) is 3.66. The number of nitrogen functional groups attached to an aromatic ring is 1. The number of nitrogens with two attached hydrogens (primary N) is 1. The van der Waals surface area contributed by atoms with Crippen LogP contribution < -0.4 is 35.9 Å². The number of rotatable bonds is 24. The summed E-state index contributed by atoms with van der Waals surface area (Å²) in [6.07, 6.45) is -3.16. The average molecular weight is 876 g/mol. The first kappa shape index (κ1) is 47.9. The predicted molar refractivity (Wildman–Crippen MR) is 187 cm³/mol. The number of carbonyl (C=O) groups is 3. The van der Waals surface area contributed by atoms with Crippen molar-refractivity contribution in [2.24, 2.45) is 5.41 Å². The summed E-state index contributed by atoms with van der Waals surface area (Å²) in [7, 11) is -17.6. The Kier molecular flexibility index (Phi) is 18.0. The fourth-order valence-electron chi connectivity index (χ4n) is 5.04. The quantitative estimate of drug-likeness (QED) is 0.0568. The number of hydrogen-bond acceptors (Lipinski definition) is 22. The fraction of sp³-hybridized carbons (Fsp3) is 0.714. The number of thioether (sulfide) groups is 1. The van der Waals surface area contributed by atoms with Gasteiger partial charge in [-0.05, 0) is 6.42 Å². The molecule has 3 rings (SSSR count). The van der Waals surface area contributed by atoms with Crippen LogP contribution in [0.4, 0.5) is 5.82 Å². The lowest BCUT2D eigenvalue weighted by Gasteiger charge is -2.36. The predicted octanol–water partition coefficient (Wildman–Crippen LogP) is -1.89. The molecule has 2 amide bonds. The summed E-state index contributed by atoms with van der Waals surface area (Å²) in [5, 5.41) is 26.3. The zero-order chi connectivity index (χ0) is 41.9. The first-order chi connectivity index (χ1) is 26.1. The van der Waals surface area contributed by atoms with E-state index < -0.39 is 84.6 Å². The molecule has 2 aromatic rings. The van der Waals surface area contributed by atoms with Crippen molar-refractivity contribution >= 4 is 69.1 Å². The molecule has 24 nitrogen and oxygen atoms in total. The lowest BCUT2D eigenvalue weighted by atomic mass is 9.87. The molecule has 1 fully saturated rings. The van der Waals surface area contributed by atoms with Crippen LogP contribution in [-0.4, -0.2) is 103 Å². The van der Waals surface area contributed by atoms with Gasteiger partial charge in [-0.15, -0.1) is 0 Å². The van der Waals surface area contributed by atoms with E-state index in [1.165, 1.54) is 13.8 Å². The van der Waals surface area contributed by atoms with Crippen LogP contribution in [0.25, 0.3) is 11.2 Å². The molecule has 7 atom stereocenters. The van der Waals surface area contributed by atoms with E-state index in [1.807, 2.05) is 0 Å². The Morgan fingerprint density at radius 2 is 1.73 bits per heavy atom. The number of anilines is 1. The van der Waals surface area contributed by atoms with Crippen LogP contribution in [0, 0.1) is 5.41 Å². The van der Waals surface area contributed by atoms with Crippen molar-refractivity contribution < 1.29 is 80.5 Å². The number of imidazole rings is 1. The number of aromatic nitrogens is 4. The lowest BCUT2D eigenvalue weighted by molar-refractivity contribution is -0.347. The minimum atomic E-state index is -5.91. The smallest absolute Gasteiger partial charge is 0.274 e. The molecule has 0 saturated carbocycles. The number of fused-ring (bicyclic) bond motifs is 1. The number of phosphoric ester groups is 3. The summed E-state index contributed by atoms with van der Waals surface area (Å²) < 4.78 is 60.5. The Bertz CT molecular complexity index is 1800. The highest BCUT2D eigenvalue weighted by atomic mass is 32.2. The van der Waals surface area contributed by atoms with E-state index in [9.17, 15) is 57.9 Å². The van der Waals surface area contributed by atoms with Crippen LogP contribution in [0.5, 0.6) is 0 Å². The molecule has 0 radical (unpaired) electrons. The van der Waals surface area contributed by atoms with Crippen molar-refractivity contribution in [1.82, 2.24) is 30.2 Å². The highest BCUT2D eigenvalue weighted by Crippen LogP contribution is 2.56. The normalized spacial score (nSPS) is 21.7. The third-order valence-electron chi connectivity index (χ3n) is 7.97. The largest absolute Gasteiger partial charge is 0.790 e. The first-order valence-corrected chi connectivity index (χ1v) is 22.4. The number of nitrogens with one attached hydrogen (secondary N) is 2. The third kappa shape index (κ3) is 15.1. The van der Waals surface area contributed by atoms with Crippen LogP contribution in [0.1, 0.15) is 65.5 Å². The van der Waals surface area contributed by atoms with Gasteiger partial charge >= 0.3 is 0 Å². The van der Waals surface area contributed by atoms with E-state index in [0.717, 1.165) is 54.7 Å². The van der Waals surface area contributed by atoms with Gasteiger partial charge in [0.2, 0.25) is 11.8 Å². The molecule has 28 heteroatoms. The van der Waals surface area contributed by atoms with E-state index in [0.29, 0.717) is 12.2 Å². The lowest BCUT2D eigenvalue weighted by Crippen LogP contribution is -2.46. The summed E-state index contributed by atoms with van der Waals surface area (Å²) in [6, 6.07) is 0. The van der Waals surface area contributed by atoms with Gasteiger partial charge in [0.1, 0.15) is 36.3 Å². The summed E-state index contributed by atoms with van der Waals surface area (Å²) in [5.41, 5.74) is 4.08. The van der Waals surface area contributed by atoms with Gasteiger partial charge in [-0.3, -0.25) is 28.1 Å². The van der Waals surface area contributed by atoms with Gasteiger partial charge in [-0.25, -0.2) is 19.3 Å². The van der Waals surface area contributed by atoms with Gasteiger partial charge in [0.25, 0.3) is 15.6 Å². The standard InChI is InChI=1S/C28H48N7O17P3S/c1-4-5-6-7-8-19(37)56-12-11-30-18(36)9-10-31-26(40)23(39)28(2,3)14-49-55(46,47)52-54(44,45)48-13-17-22(51-53(41,42)43)21(38)27(50-17)35-16-34-20-24(29)32-15-33-25(20)35/h15-17,21-23,27,38-39H,4-14H2,1-3H3,(H,30,36)(H,31,40)(H,44,45)(H,46,47)(H2,29,32,33)(H2,41,42,43)/p-4/t17-,21-,22-,23+,27-/m1/s1. The van der Waals surface area contributed by atoms with Gasteiger partial charge < -0.3 is 69.0 Å². The number of carbonyl (C=O) groups excluding carboxylic acids is 3. The highest BCUT2D eigenvalue weighted by Gasteiger charge is 2.47. The zero-order valence-corrected chi connectivity index (χ0v) is 34.0. The van der Waals surface area contributed by atoms with E-state index in [4.69, 9.17) is 10.5 Å². The monoisotopic (exact) mass is 875 g/mol. The minimum absolute atomic E-state index is 0.0196. The Morgan fingerprint density at radius 3 is 2.41 bits per heavy atom. The number of aliphatic hydroxyl groups excluding tert-OH is 2. The molecule has 6 N–H and O–H groups in total. The first-order valence-electron chi connectivity index (χ1n) is 17.0. The Balaban J connectivity index is 1.47. The van der Waals surface area contributed by atoms with Gasteiger partial charge in [0, 0.05) is 37.1 Å². The molecular formula is C28H44N7O17P3S-4. The van der Waals surface area contributed by atoms with Crippen LogP contribution in [0.2, 0.25) is 0 Å². The number of hydrogen-bond donors (Lipinski definition) is 5. The van der Waals surface area contributed by atoms with Crippen LogP contribution in [-0.2, 0) is 50.7 Å². The van der Waals surface area contributed by atoms with Crippen molar-refractivity contribution in [3.8, 4) is 0 Å². The fourth-order valence-corrected chi connectivity index (χ4v) is 8.50. The van der Waals surface area contributed by atoms with E-state index in [2.05, 4.69) is 50.4 Å². The molecule has 2 unspecified atom stereocenters. The number of nitrogens with zero attached hydrogens (tertiary/aromatic N) is 4. The van der Waals surface area contributed by atoms with Crippen LogP contribution in [0.3, 0.4) is 0 Å². The third-order valence-corrected chi connectivity index (χ3v) is 11.9. The molecule has 0 bridgehead atoms. The van der Waals surface area contributed by atoms with Crippen molar-refractivity contribution in [3.63, 3.8) is 0 Å². The molecule has 0 spiro atoms. The SMILES string of the molecule is CCCCCCC(=O)SCCNC(=O)CCNC(=O)[C@H](O)C(C)(C)COP(=O)([O-])OP(=O)([O-])OC[C@H]1O[C@@H](n2cnc3c(N)ncnc32)[C@H](O)[C@@H]1OP(=O)([O-])[O-]. The molecule has 0 aliphatic carbocycles. The van der Waals surface area contributed by atoms with E-state index >= 15 is 0 Å². The molecule has 56 heavy (non-hydrogen) atoms. The number of unbranched alkanes of at least 4 members (excludes halogenated alkanes) is 3. The van der Waals surface area contributed by atoms with Crippen LogP contribution >= 0.6 is 35.2 Å². The second-order valence-corrected chi connectivity index (χ2v) is 18.2. The van der Waals surface area contributed by atoms with Gasteiger partial charge in [-0.1, -0.05) is 51.8 Å². The molecular weight excluding hydrogens is 831 g/mol. The summed E-state index contributed by atoms with van der Waals surface area (Å²) in [6.45, 7) is 2.23. The number of amides is 2. The van der Waals surface area contributed by atoms with Crippen LogP contribution in [0.15, 0.2) is 12.7 Å². The summed E-state index contributed by atoms with van der Waals surface area (Å²) in [4.78, 5) is 95.9. The van der Waals surface area contributed by atoms with E-state index in [1.54, 1.807) is 0 Å². The van der Waals surface area contributed by atoms with E-state index in [-0.39, 0.29) is 41.6 Å². The maximum atomic E-state index is 12.5. The molecule has 0 aromatic carbocycles. The molecule has 1 aliphatic rings. The Hall–Kier alpha value is -2.44. The minimum Gasteiger partial charge on any atom is -0.790 e. The number of aliphatic hydroxyl groups is 2. The van der Waals surface area contributed by atoms with Gasteiger partial charge in [0.05, 0.1) is 27.4 Å². The molecule has 3 heterocycles. The second-order valence-electron chi connectivity index (χ2n) is 13.0. The van der Waals surface area contributed by atoms with Crippen molar-refractivity contribution in [3.05, 3.63) is 12.7 Å². The molecule has 1 aliphatic heterocycles. The maximum absolute atomic E-state index is 12.5. The summed E-state index contributed by atoms with van der Waals surface area (Å²) >= 11 is 1.12. The highest BCUT2D eigenvalue weighted by molar-refractivity contribution is 8.13. The number of ether oxygens (including phenoxy) is 1. The Morgan fingerprint density at radius 1 is 1.04 bits per heavy atom. The van der Waals surface area contributed by atoms with Crippen molar-refractivity contribution in [2.75, 3.05) is 37.8 Å². The maximum Gasteiger partial charge on any atom is 0.274 e. The van der Waals surface area contributed by atoms with Crippen molar-refractivity contribution in [2.45, 2.75) is 89.9 Å². The van der Waals surface area contributed by atoms with Crippen molar-refractivity contribution in [1.29, 1.82) is 0 Å². The Labute approximate surface area is 325 Å². The summed E-state index contributed by atoms with van der Waals surface area (Å²) in [5.74, 6) is -1.15. The molecule has 318 valence electrons. The second kappa shape index (κ2) is 21.0.